The lowest BCUT2D eigenvalue weighted by molar-refractivity contribution is -0.135. The molecule has 0 atom stereocenters. The summed E-state index contributed by atoms with van der Waals surface area (Å²) in [7, 11) is 0. The Labute approximate surface area is 144 Å². The van der Waals surface area contributed by atoms with Crippen LogP contribution in [0.3, 0.4) is 0 Å². The predicted molar refractivity (Wildman–Crippen MR) is 91.4 cm³/mol. The van der Waals surface area contributed by atoms with Gasteiger partial charge in [-0.2, -0.15) is 5.10 Å². The van der Waals surface area contributed by atoms with Crippen molar-refractivity contribution in [1.29, 1.82) is 0 Å². The summed E-state index contributed by atoms with van der Waals surface area (Å²) in [4.78, 5) is 13.5. The normalized spacial score (nSPS) is 27.4. The number of hydrazone groups is 1. The molecule has 2 fully saturated rings. The number of likely N-dealkylation sites (tertiary alicyclic amines) is 1. The number of nitrogens with two attached hydrogens (primary N) is 1. The standard InChI is InChI=1S/C17H22F2N6/c18-17(19)8-25(9-17)7-11-1-3-12(4-2-11)14(24-20)15-13-5-6-21-16(13)23-10-22-15/h5-6,10-12H,1-4,7-9,20H2,(H,21,22,23). The van der Waals surface area contributed by atoms with E-state index in [9.17, 15) is 8.78 Å². The minimum atomic E-state index is -2.48. The van der Waals surface area contributed by atoms with Crippen LogP contribution in [-0.2, 0) is 0 Å². The number of hydrogen-bond acceptors (Lipinski definition) is 5. The molecule has 2 aromatic heterocycles. The molecular formula is C17H22F2N6. The summed E-state index contributed by atoms with van der Waals surface area (Å²) in [6.45, 7) is 0.594. The van der Waals surface area contributed by atoms with Crippen LogP contribution in [0.1, 0.15) is 31.4 Å². The van der Waals surface area contributed by atoms with E-state index in [1.165, 1.54) is 6.33 Å². The molecule has 25 heavy (non-hydrogen) atoms. The molecule has 1 saturated heterocycles. The fraction of sp³-hybridized carbons (Fsp3) is 0.588. The Morgan fingerprint density at radius 2 is 2.04 bits per heavy atom. The average molecular weight is 348 g/mol. The Hall–Kier alpha value is -2.09. The molecule has 8 heteroatoms. The molecule has 0 amide bonds. The van der Waals surface area contributed by atoms with E-state index >= 15 is 0 Å². The Morgan fingerprint density at radius 3 is 2.72 bits per heavy atom. The topological polar surface area (TPSA) is 83.2 Å². The maximum absolute atomic E-state index is 13.0. The van der Waals surface area contributed by atoms with Gasteiger partial charge in [0.05, 0.1) is 24.5 Å². The van der Waals surface area contributed by atoms with Gasteiger partial charge >= 0.3 is 0 Å². The second-order valence-electron chi connectivity index (χ2n) is 7.22. The number of rotatable bonds is 4. The van der Waals surface area contributed by atoms with Gasteiger partial charge < -0.3 is 10.8 Å². The minimum Gasteiger partial charge on any atom is -0.346 e. The van der Waals surface area contributed by atoms with E-state index in [0.29, 0.717) is 5.92 Å². The first-order valence-electron chi connectivity index (χ1n) is 8.72. The highest BCUT2D eigenvalue weighted by molar-refractivity contribution is 6.09. The van der Waals surface area contributed by atoms with Crippen molar-refractivity contribution < 1.29 is 8.78 Å². The molecule has 1 aliphatic carbocycles. The molecule has 3 N–H and O–H groups in total. The maximum atomic E-state index is 13.0. The number of nitrogens with zero attached hydrogens (tertiary/aromatic N) is 4. The third-order valence-electron chi connectivity index (χ3n) is 5.40. The molecule has 0 radical (unpaired) electrons. The van der Waals surface area contributed by atoms with Gasteiger partial charge in [0.15, 0.2) is 0 Å². The van der Waals surface area contributed by atoms with Crippen LogP contribution < -0.4 is 5.84 Å². The molecule has 134 valence electrons. The fourth-order valence-corrected chi connectivity index (χ4v) is 4.16. The largest absolute Gasteiger partial charge is 0.346 e. The second kappa shape index (κ2) is 6.33. The average Bonchev–Trinajstić information content (AvgIpc) is 3.05. The number of H-pyrrole nitrogens is 1. The van der Waals surface area contributed by atoms with E-state index < -0.39 is 5.92 Å². The van der Waals surface area contributed by atoms with Crippen molar-refractivity contribution in [2.45, 2.75) is 31.6 Å². The zero-order valence-electron chi connectivity index (χ0n) is 14.0. The van der Waals surface area contributed by atoms with Gasteiger partial charge in [-0.25, -0.2) is 18.7 Å². The molecule has 2 aliphatic rings. The third-order valence-corrected chi connectivity index (χ3v) is 5.40. The number of fused-ring (bicyclic) bond motifs is 1. The molecule has 0 spiro atoms. The molecule has 0 bridgehead atoms. The minimum absolute atomic E-state index is 0.0884. The number of halogens is 2. The smallest absolute Gasteiger partial charge is 0.272 e. The summed E-state index contributed by atoms with van der Waals surface area (Å²) in [5.41, 5.74) is 2.39. The molecular weight excluding hydrogens is 326 g/mol. The highest BCUT2D eigenvalue weighted by Gasteiger charge is 2.44. The van der Waals surface area contributed by atoms with Gasteiger partial charge in [0.25, 0.3) is 5.92 Å². The Kier molecular flexibility index (Phi) is 4.15. The van der Waals surface area contributed by atoms with Crippen molar-refractivity contribution >= 4 is 16.7 Å². The van der Waals surface area contributed by atoms with Crippen molar-refractivity contribution in [2.24, 2.45) is 22.8 Å². The predicted octanol–water partition coefficient (Wildman–Crippen LogP) is 2.38. The van der Waals surface area contributed by atoms with Crippen molar-refractivity contribution in [3.63, 3.8) is 0 Å². The van der Waals surface area contributed by atoms with Crippen LogP contribution in [0.15, 0.2) is 23.7 Å². The molecule has 1 aliphatic heterocycles. The summed E-state index contributed by atoms with van der Waals surface area (Å²) < 4.78 is 25.9. The quantitative estimate of drug-likeness (QED) is 0.505. The molecule has 6 nitrogen and oxygen atoms in total. The summed E-state index contributed by atoms with van der Waals surface area (Å²) in [6, 6.07) is 1.94. The van der Waals surface area contributed by atoms with Crippen molar-refractivity contribution in [3.05, 3.63) is 24.3 Å². The molecule has 4 rings (SSSR count). The first-order valence-corrected chi connectivity index (χ1v) is 8.72. The van der Waals surface area contributed by atoms with Crippen LogP contribution in [0.25, 0.3) is 11.0 Å². The van der Waals surface area contributed by atoms with Gasteiger partial charge in [0.1, 0.15) is 12.0 Å². The van der Waals surface area contributed by atoms with Crippen LogP contribution in [-0.4, -0.2) is 51.1 Å². The zero-order valence-corrected chi connectivity index (χ0v) is 14.0. The first-order chi connectivity index (χ1) is 12.1. The summed E-state index contributed by atoms with van der Waals surface area (Å²) in [5.74, 6) is 3.95. The molecule has 3 heterocycles. The zero-order chi connectivity index (χ0) is 17.4. The van der Waals surface area contributed by atoms with Crippen molar-refractivity contribution in [2.75, 3.05) is 19.6 Å². The van der Waals surface area contributed by atoms with Gasteiger partial charge in [-0.05, 0) is 37.7 Å². The van der Waals surface area contributed by atoms with Gasteiger partial charge in [-0.1, -0.05) is 0 Å². The van der Waals surface area contributed by atoms with Crippen LogP contribution in [0.4, 0.5) is 8.78 Å². The lowest BCUT2D eigenvalue weighted by Crippen LogP contribution is -2.57. The van der Waals surface area contributed by atoms with Gasteiger partial charge in [-0.3, -0.25) is 4.90 Å². The van der Waals surface area contributed by atoms with E-state index in [0.717, 1.165) is 54.7 Å². The van der Waals surface area contributed by atoms with E-state index in [-0.39, 0.29) is 19.0 Å². The SMILES string of the molecule is NN=C(c1ncnc2[nH]ccc12)C1CCC(CN2CC(F)(F)C2)CC1. The third kappa shape index (κ3) is 3.22. The number of aromatic nitrogens is 3. The van der Waals surface area contributed by atoms with E-state index in [1.807, 2.05) is 17.2 Å². The van der Waals surface area contributed by atoms with Gasteiger partial charge in [0.2, 0.25) is 0 Å². The Balaban J connectivity index is 1.40. The Bertz CT molecular complexity index is 770. The summed E-state index contributed by atoms with van der Waals surface area (Å²) in [5, 5.41) is 4.97. The monoisotopic (exact) mass is 348 g/mol. The fourth-order valence-electron chi connectivity index (χ4n) is 4.16. The number of alkyl halides is 2. The molecule has 2 aromatic rings. The lowest BCUT2D eigenvalue weighted by Gasteiger charge is -2.41. The van der Waals surface area contributed by atoms with E-state index in [2.05, 4.69) is 20.1 Å². The van der Waals surface area contributed by atoms with Crippen LogP contribution in [0.2, 0.25) is 0 Å². The highest BCUT2D eigenvalue weighted by Crippen LogP contribution is 2.35. The van der Waals surface area contributed by atoms with Crippen LogP contribution in [0, 0.1) is 11.8 Å². The van der Waals surface area contributed by atoms with Crippen LogP contribution >= 0.6 is 0 Å². The first kappa shape index (κ1) is 16.4. The van der Waals surface area contributed by atoms with Gasteiger partial charge in [0, 0.05) is 24.0 Å². The van der Waals surface area contributed by atoms with E-state index in [4.69, 9.17) is 5.84 Å². The lowest BCUT2D eigenvalue weighted by atomic mass is 9.78. The van der Waals surface area contributed by atoms with Crippen molar-refractivity contribution in [1.82, 2.24) is 19.9 Å². The summed E-state index contributed by atoms with van der Waals surface area (Å²) in [6.07, 6.45) is 7.29. The second-order valence-corrected chi connectivity index (χ2v) is 7.22. The number of nitrogens with one attached hydrogen (secondary N) is 1. The molecule has 1 saturated carbocycles. The highest BCUT2D eigenvalue weighted by atomic mass is 19.3. The Morgan fingerprint density at radius 1 is 1.28 bits per heavy atom. The van der Waals surface area contributed by atoms with E-state index in [1.54, 1.807) is 0 Å². The molecule has 0 unspecified atom stereocenters. The maximum Gasteiger partial charge on any atom is 0.272 e. The number of hydrogen-bond donors (Lipinski definition) is 2. The van der Waals surface area contributed by atoms with Crippen LogP contribution in [0.5, 0.6) is 0 Å². The number of aromatic amines is 1. The van der Waals surface area contributed by atoms with Gasteiger partial charge in [-0.15, -0.1) is 0 Å². The summed E-state index contributed by atoms with van der Waals surface area (Å²) >= 11 is 0. The molecule has 0 aromatic carbocycles. The van der Waals surface area contributed by atoms with Crippen molar-refractivity contribution in [3.8, 4) is 0 Å².